The zero-order valence-corrected chi connectivity index (χ0v) is 12.4. The predicted molar refractivity (Wildman–Crippen MR) is 72.2 cm³/mol. The fourth-order valence-electron chi connectivity index (χ4n) is 3.12. The van der Waals surface area contributed by atoms with E-state index in [-0.39, 0.29) is 17.4 Å². The van der Waals surface area contributed by atoms with E-state index in [1.165, 1.54) is 0 Å². The molecule has 20 heavy (non-hydrogen) atoms. The van der Waals surface area contributed by atoms with Gasteiger partial charge in [-0.05, 0) is 13.3 Å². The SMILES string of the molecule is CCOC1CC(N)(c2nc(C3CCOC3)no2)C1(C)C. The third-order valence-electron chi connectivity index (χ3n) is 4.95. The van der Waals surface area contributed by atoms with Crippen LogP contribution in [0.2, 0.25) is 0 Å². The van der Waals surface area contributed by atoms with Crippen molar-refractivity contribution in [2.45, 2.75) is 51.2 Å². The maximum absolute atomic E-state index is 6.53. The van der Waals surface area contributed by atoms with Gasteiger partial charge >= 0.3 is 0 Å². The van der Waals surface area contributed by atoms with Crippen molar-refractivity contribution in [2.75, 3.05) is 19.8 Å². The molecule has 6 nitrogen and oxygen atoms in total. The summed E-state index contributed by atoms with van der Waals surface area (Å²) in [6, 6.07) is 0. The molecular formula is C14H23N3O3. The first-order valence-electron chi connectivity index (χ1n) is 7.31. The molecule has 0 amide bonds. The topological polar surface area (TPSA) is 83.4 Å². The highest BCUT2D eigenvalue weighted by atomic mass is 16.5. The normalized spacial score (nSPS) is 36.0. The molecule has 1 aliphatic carbocycles. The summed E-state index contributed by atoms with van der Waals surface area (Å²) in [5, 5.41) is 4.10. The number of ether oxygens (including phenoxy) is 2. The van der Waals surface area contributed by atoms with E-state index in [1.807, 2.05) is 6.92 Å². The Hall–Kier alpha value is -0.980. The second-order valence-electron chi connectivity index (χ2n) is 6.36. The van der Waals surface area contributed by atoms with Gasteiger partial charge in [-0.15, -0.1) is 0 Å². The number of rotatable bonds is 4. The lowest BCUT2D eigenvalue weighted by Gasteiger charge is -2.56. The molecule has 2 N–H and O–H groups in total. The molecular weight excluding hydrogens is 258 g/mol. The van der Waals surface area contributed by atoms with Crippen LogP contribution in [0.25, 0.3) is 0 Å². The molecule has 3 unspecified atom stereocenters. The molecule has 1 saturated heterocycles. The molecule has 1 aromatic heterocycles. The third-order valence-corrected chi connectivity index (χ3v) is 4.95. The molecule has 0 spiro atoms. The summed E-state index contributed by atoms with van der Waals surface area (Å²) >= 11 is 0. The van der Waals surface area contributed by atoms with Crippen LogP contribution in [0.5, 0.6) is 0 Å². The van der Waals surface area contributed by atoms with Gasteiger partial charge in [-0.1, -0.05) is 19.0 Å². The first-order chi connectivity index (χ1) is 9.49. The summed E-state index contributed by atoms with van der Waals surface area (Å²) < 4.78 is 16.5. The average molecular weight is 281 g/mol. The Morgan fingerprint density at radius 3 is 2.85 bits per heavy atom. The van der Waals surface area contributed by atoms with Gasteiger partial charge in [0.2, 0.25) is 5.89 Å². The minimum atomic E-state index is -0.600. The largest absolute Gasteiger partial charge is 0.381 e. The standard InChI is InChI=1S/C14H23N3O3/c1-4-19-10-7-14(15,13(10,2)3)12-16-11(17-20-12)9-5-6-18-8-9/h9-10H,4-8,15H2,1-3H3. The van der Waals surface area contributed by atoms with E-state index < -0.39 is 5.54 Å². The molecule has 112 valence electrons. The van der Waals surface area contributed by atoms with Crippen molar-refractivity contribution in [1.82, 2.24) is 10.1 Å². The van der Waals surface area contributed by atoms with Gasteiger partial charge in [-0.2, -0.15) is 4.98 Å². The van der Waals surface area contributed by atoms with E-state index in [0.29, 0.717) is 19.1 Å². The maximum Gasteiger partial charge on any atom is 0.247 e. The molecule has 1 aliphatic heterocycles. The number of nitrogens with two attached hydrogens (primary N) is 1. The van der Waals surface area contributed by atoms with Crippen molar-refractivity contribution in [3.05, 3.63) is 11.7 Å². The van der Waals surface area contributed by atoms with Gasteiger partial charge in [-0.25, -0.2) is 0 Å². The summed E-state index contributed by atoms with van der Waals surface area (Å²) in [5.74, 6) is 1.49. The Bertz CT molecular complexity index is 482. The molecule has 2 heterocycles. The van der Waals surface area contributed by atoms with Crippen LogP contribution in [0.1, 0.15) is 51.2 Å². The van der Waals surface area contributed by atoms with E-state index in [9.17, 15) is 0 Å². The van der Waals surface area contributed by atoms with Crippen LogP contribution >= 0.6 is 0 Å². The number of hydrogen-bond acceptors (Lipinski definition) is 6. The van der Waals surface area contributed by atoms with Crippen LogP contribution < -0.4 is 5.73 Å². The van der Waals surface area contributed by atoms with E-state index in [2.05, 4.69) is 24.0 Å². The number of hydrogen-bond donors (Lipinski definition) is 1. The van der Waals surface area contributed by atoms with Crippen LogP contribution in [0.3, 0.4) is 0 Å². The van der Waals surface area contributed by atoms with Crippen molar-refractivity contribution < 1.29 is 14.0 Å². The molecule has 6 heteroatoms. The van der Waals surface area contributed by atoms with Gasteiger partial charge in [0.05, 0.1) is 12.7 Å². The second-order valence-corrected chi connectivity index (χ2v) is 6.36. The molecule has 2 aliphatic rings. The Balaban J connectivity index is 1.79. The molecule has 1 saturated carbocycles. The van der Waals surface area contributed by atoms with Crippen LogP contribution in [-0.2, 0) is 15.0 Å². The number of aromatic nitrogens is 2. The molecule has 2 fully saturated rings. The van der Waals surface area contributed by atoms with Gasteiger partial charge < -0.3 is 19.7 Å². The molecule has 0 aromatic carbocycles. The minimum absolute atomic E-state index is 0.141. The zero-order valence-electron chi connectivity index (χ0n) is 12.4. The molecule has 0 bridgehead atoms. The van der Waals surface area contributed by atoms with Crippen LogP contribution in [-0.4, -0.2) is 36.1 Å². The van der Waals surface area contributed by atoms with Crippen molar-refractivity contribution >= 4 is 0 Å². The van der Waals surface area contributed by atoms with Gasteiger partial charge in [0.15, 0.2) is 5.82 Å². The number of nitrogens with zero attached hydrogens (tertiary/aromatic N) is 2. The van der Waals surface area contributed by atoms with Crippen LogP contribution in [0.4, 0.5) is 0 Å². The van der Waals surface area contributed by atoms with Gasteiger partial charge in [0.25, 0.3) is 0 Å². The monoisotopic (exact) mass is 281 g/mol. The lowest BCUT2D eigenvalue weighted by molar-refractivity contribution is -0.162. The van der Waals surface area contributed by atoms with Gasteiger partial charge in [-0.3, -0.25) is 0 Å². The van der Waals surface area contributed by atoms with Gasteiger partial charge in [0, 0.05) is 31.0 Å². The quantitative estimate of drug-likeness (QED) is 0.901. The fraction of sp³-hybridized carbons (Fsp3) is 0.857. The van der Waals surface area contributed by atoms with Crippen LogP contribution in [0.15, 0.2) is 4.52 Å². The highest BCUT2D eigenvalue weighted by molar-refractivity contribution is 5.21. The summed E-state index contributed by atoms with van der Waals surface area (Å²) in [6.07, 6.45) is 1.81. The smallest absolute Gasteiger partial charge is 0.247 e. The highest BCUT2D eigenvalue weighted by Crippen LogP contribution is 2.55. The highest BCUT2D eigenvalue weighted by Gasteiger charge is 2.62. The summed E-state index contributed by atoms with van der Waals surface area (Å²) in [5.41, 5.74) is 5.72. The average Bonchev–Trinajstić information content (AvgIpc) is 3.09. The molecule has 3 rings (SSSR count). The molecule has 0 radical (unpaired) electrons. The Morgan fingerprint density at radius 2 is 2.25 bits per heavy atom. The van der Waals surface area contributed by atoms with E-state index >= 15 is 0 Å². The van der Waals surface area contributed by atoms with E-state index in [1.54, 1.807) is 0 Å². The lowest BCUT2D eigenvalue weighted by Crippen LogP contribution is -2.67. The molecule has 3 atom stereocenters. The minimum Gasteiger partial charge on any atom is -0.381 e. The van der Waals surface area contributed by atoms with Crippen molar-refractivity contribution in [1.29, 1.82) is 0 Å². The first kappa shape index (κ1) is 14.0. The van der Waals surface area contributed by atoms with Crippen LogP contribution in [0, 0.1) is 5.41 Å². The van der Waals surface area contributed by atoms with Crippen molar-refractivity contribution in [3.8, 4) is 0 Å². The van der Waals surface area contributed by atoms with Crippen molar-refractivity contribution in [3.63, 3.8) is 0 Å². The summed E-state index contributed by atoms with van der Waals surface area (Å²) in [6.45, 7) is 8.32. The van der Waals surface area contributed by atoms with E-state index in [4.69, 9.17) is 19.7 Å². The van der Waals surface area contributed by atoms with Crippen molar-refractivity contribution in [2.24, 2.45) is 11.1 Å². The first-order valence-corrected chi connectivity index (χ1v) is 7.31. The predicted octanol–water partition coefficient (Wildman–Crippen LogP) is 1.56. The summed E-state index contributed by atoms with van der Waals surface area (Å²) in [7, 11) is 0. The lowest BCUT2D eigenvalue weighted by atomic mass is 9.54. The fourth-order valence-corrected chi connectivity index (χ4v) is 3.12. The van der Waals surface area contributed by atoms with E-state index in [0.717, 1.165) is 25.3 Å². The molecule has 1 aromatic rings. The Morgan fingerprint density at radius 1 is 1.45 bits per heavy atom. The Labute approximate surface area is 119 Å². The summed E-state index contributed by atoms with van der Waals surface area (Å²) in [4.78, 5) is 4.54. The second kappa shape index (κ2) is 4.79. The third kappa shape index (κ3) is 1.89. The zero-order chi connectivity index (χ0) is 14.4. The maximum atomic E-state index is 6.53. The van der Waals surface area contributed by atoms with Gasteiger partial charge in [0.1, 0.15) is 5.54 Å². The Kier molecular flexibility index (Phi) is 3.35.